The molecule has 1 heterocycles. The minimum atomic E-state index is 0.629. The van der Waals surface area contributed by atoms with Crippen molar-refractivity contribution in [2.45, 2.75) is 19.8 Å². The molecule has 0 aliphatic carbocycles. The summed E-state index contributed by atoms with van der Waals surface area (Å²) >= 11 is 0. The van der Waals surface area contributed by atoms with Gasteiger partial charge in [0.05, 0.1) is 0 Å². The summed E-state index contributed by atoms with van der Waals surface area (Å²) in [4.78, 5) is 0.908. The Morgan fingerprint density at radius 3 is 3.00 bits per heavy atom. The van der Waals surface area contributed by atoms with Gasteiger partial charge in [-0.1, -0.05) is 11.7 Å². The van der Waals surface area contributed by atoms with Crippen molar-refractivity contribution in [1.82, 2.24) is 20.2 Å². The molecule has 0 fully saturated rings. The fourth-order valence-electron chi connectivity index (χ4n) is 0.609. The number of nitrogens with zero attached hydrogens (tertiary/aromatic N) is 5. The van der Waals surface area contributed by atoms with Crippen LogP contribution in [0.15, 0.2) is 0 Å². The Kier molecular flexibility index (Phi) is 1.95. The van der Waals surface area contributed by atoms with E-state index in [-0.39, 0.29) is 0 Å². The van der Waals surface area contributed by atoms with Crippen molar-refractivity contribution in [3.05, 3.63) is 5.82 Å². The SMILES string of the molecule is CCCc1nnn(C#N)n1. The molecule has 0 aromatic carbocycles. The Hall–Kier alpha value is -1.44. The molecule has 0 bridgehead atoms. The zero-order valence-corrected chi connectivity index (χ0v) is 5.65. The lowest BCUT2D eigenvalue weighted by Gasteiger charge is -1.81. The van der Waals surface area contributed by atoms with E-state index >= 15 is 0 Å². The summed E-state index contributed by atoms with van der Waals surface area (Å²) in [5.74, 6) is 0.629. The number of hydrogen-bond acceptors (Lipinski definition) is 4. The summed E-state index contributed by atoms with van der Waals surface area (Å²) in [6.07, 6.45) is 3.49. The molecule has 0 radical (unpaired) electrons. The second-order valence-electron chi connectivity index (χ2n) is 1.85. The molecule has 5 nitrogen and oxygen atoms in total. The van der Waals surface area contributed by atoms with Gasteiger partial charge >= 0.3 is 0 Å². The van der Waals surface area contributed by atoms with Gasteiger partial charge in [0.1, 0.15) is 0 Å². The predicted octanol–water partition coefficient (Wildman–Crippen LogP) is -0.0452. The van der Waals surface area contributed by atoms with Gasteiger partial charge in [0.15, 0.2) is 5.82 Å². The number of rotatable bonds is 2. The summed E-state index contributed by atoms with van der Waals surface area (Å²) in [6.45, 7) is 2.02. The molecule has 10 heavy (non-hydrogen) atoms. The van der Waals surface area contributed by atoms with Crippen LogP contribution < -0.4 is 0 Å². The van der Waals surface area contributed by atoms with Crippen LogP contribution in [0.1, 0.15) is 19.2 Å². The van der Waals surface area contributed by atoms with Gasteiger partial charge in [-0.05, 0) is 11.6 Å². The highest BCUT2D eigenvalue weighted by Gasteiger charge is 1.98. The number of nitriles is 1. The first-order chi connectivity index (χ1) is 4.86. The average Bonchev–Trinajstić information content (AvgIpc) is 2.37. The summed E-state index contributed by atoms with van der Waals surface area (Å²) in [6, 6.07) is 0. The lowest BCUT2D eigenvalue weighted by atomic mass is 10.3. The van der Waals surface area contributed by atoms with Gasteiger partial charge in [0.2, 0.25) is 6.19 Å². The number of hydrogen-bond donors (Lipinski definition) is 0. The largest absolute Gasteiger partial charge is 0.226 e. The van der Waals surface area contributed by atoms with Gasteiger partial charge in [-0.25, -0.2) is 0 Å². The van der Waals surface area contributed by atoms with E-state index in [9.17, 15) is 0 Å². The van der Waals surface area contributed by atoms with Gasteiger partial charge in [-0.2, -0.15) is 5.26 Å². The van der Waals surface area contributed by atoms with Gasteiger partial charge in [-0.3, -0.25) is 0 Å². The van der Waals surface area contributed by atoms with E-state index < -0.39 is 0 Å². The number of aryl methyl sites for hydroxylation is 1. The van der Waals surface area contributed by atoms with E-state index in [1.165, 1.54) is 0 Å². The fraction of sp³-hybridized carbons (Fsp3) is 0.600. The van der Waals surface area contributed by atoms with Gasteiger partial charge in [-0.15, -0.1) is 10.2 Å². The monoisotopic (exact) mass is 137 g/mol. The Labute approximate surface area is 58.3 Å². The molecule has 0 aliphatic rings. The molecule has 0 atom stereocenters. The zero-order chi connectivity index (χ0) is 7.40. The van der Waals surface area contributed by atoms with Crippen LogP contribution in [0.4, 0.5) is 0 Å². The predicted molar refractivity (Wildman–Crippen MR) is 32.8 cm³/mol. The van der Waals surface area contributed by atoms with Crippen molar-refractivity contribution in [3.63, 3.8) is 0 Å². The minimum absolute atomic E-state index is 0.629. The first kappa shape index (κ1) is 6.68. The molecule has 0 amide bonds. The Balaban J connectivity index is 2.71. The second-order valence-corrected chi connectivity index (χ2v) is 1.85. The van der Waals surface area contributed by atoms with Gasteiger partial charge in [0, 0.05) is 6.42 Å². The van der Waals surface area contributed by atoms with Crippen LogP contribution >= 0.6 is 0 Å². The van der Waals surface area contributed by atoms with E-state index in [0.717, 1.165) is 17.6 Å². The molecule has 0 aliphatic heterocycles. The molecule has 52 valence electrons. The zero-order valence-electron chi connectivity index (χ0n) is 5.65. The average molecular weight is 137 g/mol. The lowest BCUT2D eigenvalue weighted by molar-refractivity contribution is 0.730. The van der Waals surface area contributed by atoms with Crippen LogP contribution in [0.2, 0.25) is 0 Å². The molecule has 5 heteroatoms. The van der Waals surface area contributed by atoms with Crippen LogP contribution in [0.3, 0.4) is 0 Å². The van der Waals surface area contributed by atoms with Crippen molar-refractivity contribution >= 4 is 0 Å². The molecular formula is C5H7N5. The van der Waals surface area contributed by atoms with Crippen LogP contribution in [0.5, 0.6) is 0 Å². The van der Waals surface area contributed by atoms with E-state index in [0.29, 0.717) is 5.82 Å². The molecule has 0 saturated carbocycles. The smallest absolute Gasteiger partial charge is 0.169 e. The van der Waals surface area contributed by atoms with Crippen molar-refractivity contribution in [1.29, 1.82) is 5.26 Å². The van der Waals surface area contributed by atoms with Crippen molar-refractivity contribution < 1.29 is 0 Å². The highest BCUT2D eigenvalue weighted by molar-refractivity contribution is 4.79. The standard InChI is InChI=1S/C5H7N5/c1-2-3-5-7-9-10(4-6)8-5/h2-3H2,1H3. The molecule has 0 saturated heterocycles. The molecular weight excluding hydrogens is 130 g/mol. The van der Waals surface area contributed by atoms with Crippen molar-refractivity contribution in [2.75, 3.05) is 0 Å². The van der Waals surface area contributed by atoms with Crippen LogP contribution in [-0.2, 0) is 6.42 Å². The highest BCUT2D eigenvalue weighted by atomic mass is 15.6. The number of tetrazole rings is 1. The van der Waals surface area contributed by atoms with Crippen molar-refractivity contribution in [2.24, 2.45) is 0 Å². The molecule has 0 N–H and O–H groups in total. The van der Waals surface area contributed by atoms with E-state index in [4.69, 9.17) is 5.26 Å². The maximum Gasteiger partial charge on any atom is 0.226 e. The molecule has 1 aromatic heterocycles. The maximum atomic E-state index is 8.27. The summed E-state index contributed by atoms with van der Waals surface area (Å²) in [7, 11) is 0. The van der Waals surface area contributed by atoms with Gasteiger partial charge in [0.25, 0.3) is 0 Å². The normalized spacial score (nSPS) is 9.20. The third-order valence-electron chi connectivity index (χ3n) is 1.02. The lowest BCUT2D eigenvalue weighted by Crippen LogP contribution is -1.93. The van der Waals surface area contributed by atoms with Gasteiger partial charge < -0.3 is 0 Å². The van der Waals surface area contributed by atoms with Crippen molar-refractivity contribution in [3.8, 4) is 6.19 Å². The van der Waals surface area contributed by atoms with E-state index in [1.807, 2.05) is 6.92 Å². The first-order valence-electron chi connectivity index (χ1n) is 3.06. The first-order valence-corrected chi connectivity index (χ1v) is 3.06. The highest BCUT2D eigenvalue weighted by Crippen LogP contribution is 1.90. The van der Waals surface area contributed by atoms with Crippen LogP contribution in [0, 0.1) is 11.5 Å². The summed E-state index contributed by atoms with van der Waals surface area (Å²) in [5, 5.41) is 19.1. The van der Waals surface area contributed by atoms with Crippen LogP contribution in [-0.4, -0.2) is 20.2 Å². The Bertz CT molecular complexity index is 245. The quantitative estimate of drug-likeness (QED) is 0.573. The minimum Gasteiger partial charge on any atom is -0.169 e. The fourth-order valence-corrected chi connectivity index (χ4v) is 0.609. The number of aromatic nitrogens is 4. The van der Waals surface area contributed by atoms with E-state index in [1.54, 1.807) is 6.19 Å². The molecule has 1 rings (SSSR count). The topological polar surface area (TPSA) is 67.4 Å². The Morgan fingerprint density at radius 2 is 2.50 bits per heavy atom. The van der Waals surface area contributed by atoms with Crippen LogP contribution in [0.25, 0.3) is 0 Å². The summed E-state index contributed by atoms with van der Waals surface area (Å²) in [5.41, 5.74) is 0. The molecule has 0 spiro atoms. The second kappa shape index (κ2) is 2.92. The third kappa shape index (κ3) is 1.29. The molecule has 0 unspecified atom stereocenters. The maximum absolute atomic E-state index is 8.27. The third-order valence-corrected chi connectivity index (χ3v) is 1.02. The van der Waals surface area contributed by atoms with E-state index in [2.05, 4.69) is 15.4 Å². The summed E-state index contributed by atoms with van der Waals surface area (Å²) < 4.78 is 0. The Morgan fingerprint density at radius 1 is 1.70 bits per heavy atom. The molecule has 1 aromatic rings.